The summed E-state index contributed by atoms with van der Waals surface area (Å²) in [5, 5.41) is 0. The number of rotatable bonds is 0. The van der Waals surface area contributed by atoms with Gasteiger partial charge in [0.1, 0.15) is 0 Å². The Kier molecular flexibility index (Phi) is 4.77. The minimum atomic E-state index is -4.67. The normalized spacial score (nSPS) is 9.67. The van der Waals surface area contributed by atoms with E-state index in [1.807, 2.05) is 0 Å². The second-order valence-electron chi connectivity index (χ2n) is 0.448. The van der Waals surface area contributed by atoms with Gasteiger partial charge in [0, 0.05) is 27.3 Å². The molecular weight excluding hydrogens is 300 g/mol. The molecule has 2 N–H and O–H groups in total. The molecule has 0 aliphatic heterocycles. The first-order chi connectivity index (χ1) is 2.00. The van der Waals surface area contributed by atoms with Crippen molar-refractivity contribution in [2.45, 2.75) is 0 Å². The van der Waals surface area contributed by atoms with Crippen LogP contribution >= 0.6 is 0 Å². The van der Waals surface area contributed by atoms with Crippen molar-refractivity contribution in [2.75, 3.05) is 0 Å². The smallest absolute Gasteiger partial charge is 0.264 e. The third-order valence-electron chi connectivity index (χ3n) is 0. The van der Waals surface area contributed by atoms with Crippen LogP contribution in [0.15, 0.2) is 0 Å². The van der Waals surface area contributed by atoms with E-state index in [9.17, 15) is 0 Å². The fraction of sp³-hybridized carbons (Fsp3) is 0. The minimum Gasteiger partial charge on any atom is -0.264 e. The zero-order valence-corrected chi connectivity index (χ0v) is 8.00. The fourth-order valence-electron chi connectivity index (χ4n) is 0. The molecule has 0 bridgehead atoms. The van der Waals surface area contributed by atoms with Gasteiger partial charge in [0.05, 0.1) is 0 Å². The Bertz CT molecular complexity index is 90.7. The molecule has 0 atom stereocenters. The zero-order valence-electron chi connectivity index (χ0n) is 2.70. The van der Waals surface area contributed by atoms with Gasteiger partial charge in [0.2, 0.25) is 0 Å². The average Bonchev–Trinajstić information content (AvgIpc) is 0.722. The molecular formula is H2O4STl. The Labute approximate surface area is 55.3 Å². The van der Waals surface area contributed by atoms with Crippen molar-refractivity contribution < 1.29 is 17.5 Å². The van der Waals surface area contributed by atoms with Crippen LogP contribution in [0.1, 0.15) is 0 Å². The van der Waals surface area contributed by atoms with E-state index < -0.39 is 10.4 Å². The molecule has 0 aromatic rings. The van der Waals surface area contributed by atoms with Crippen LogP contribution in [0.2, 0.25) is 0 Å². The third-order valence-corrected chi connectivity index (χ3v) is 0. The van der Waals surface area contributed by atoms with E-state index in [0.717, 1.165) is 0 Å². The Hall–Kier alpha value is 0.792. The van der Waals surface area contributed by atoms with Crippen molar-refractivity contribution in [1.29, 1.82) is 0 Å². The molecule has 0 aromatic carbocycles. The van der Waals surface area contributed by atoms with Gasteiger partial charge in [-0.25, -0.2) is 0 Å². The molecule has 0 saturated heterocycles. The first kappa shape index (κ1) is 9.92. The second kappa shape index (κ2) is 2.88. The first-order valence-electron chi connectivity index (χ1n) is 0.698. The van der Waals surface area contributed by atoms with Crippen LogP contribution in [-0.4, -0.2) is 44.8 Å². The predicted octanol–water partition coefficient (Wildman–Crippen LogP) is -1.03. The van der Waals surface area contributed by atoms with Crippen LogP contribution in [0.5, 0.6) is 0 Å². The maximum absolute atomic E-state index is 8.74. The molecule has 0 aromatic heterocycles. The molecule has 0 amide bonds. The molecule has 0 aliphatic rings. The van der Waals surface area contributed by atoms with E-state index in [0.29, 0.717) is 0 Å². The molecule has 0 rings (SSSR count). The van der Waals surface area contributed by atoms with Gasteiger partial charge in [0.15, 0.2) is 0 Å². The summed E-state index contributed by atoms with van der Waals surface area (Å²) in [6, 6.07) is 0. The SMILES string of the molecule is O=S(=O)(O)O.[Tl]. The van der Waals surface area contributed by atoms with Crippen LogP contribution in [-0.2, 0) is 10.4 Å². The third kappa shape index (κ3) is 110. The number of hydrogen-bond donors (Lipinski definition) is 2. The van der Waals surface area contributed by atoms with E-state index in [2.05, 4.69) is 0 Å². The Morgan fingerprint density at radius 1 is 1.17 bits per heavy atom. The summed E-state index contributed by atoms with van der Waals surface area (Å²) < 4.78 is 31.6. The van der Waals surface area contributed by atoms with Gasteiger partial charge < -0.3 is 0 Å². The molecule has 6 heavy (non-hydrogen) atoms. The van der Waals surface area contributed by atoms with Crippen molar-refractivity contribution in [2.24, 2.45) is 0 Å². The van der Waals surface area contributed by atoms with Crippen LogP contribution in [0.4, 0.5) is 0 Å². The van der Waals surface area contributed by atoms with Crippen molar-refractivity contribution in [3.05, 3.63) is 0 Å². The van der Waals surface area contributed by atoms with Crippen LogP contribution in [0.25, 0.3) is 0 Å². The first-order valence-corrected chi connectivity index (χ1v) is 2.10. The van der Waals surface area contributed by atoms with E-state index in [1.165, 1.54) is 0 Å². The monoisotopic (exact) mass is 303 g/mol. The molecule has 6 heteroatoms. The topological polar surface area (TPSA) is 74.6 Å². The molecule has 0 spiro atoms. The van der Waals surface area contributed by atoms with Gasteiger partial charge in [-0.15, -0.1) is 0 Å². The summed E-state index contributed by atoms with van der Waals surface area (Å²) in [6.45, 7) is 0. The van der Waals surface area contributed by atoms with Crippen LogP contribution in [0, 0.1) is 0 Å². The van der Waals surface area contributed by atoms with Crippen molar-refractivity contribution >= 4 is 37.7 Å². The summed E-state index contributed by atoms with van der Waals surface area (Å²) in [4.78, 5) is 0. The van der Waals surface area contributed by atoms with Crippen LogP contribution in [0.3, 0.4) is 0 Å². The van der Waals surface area contributed by atoms with Gasteiger partial charge in [-0.3, -0.25) is 9.11 Å². The molecule has 1 radical (unpaired) electrons. The number of hydrogen-bond acceptors (Lipinski definition) is 2. The van der Waals surface area contributed by atoms with Crippen molar-refractivity contribution in [3.63, 3.8) is 0 Å². The quantitative estimate of drug-likeness (QED) is 0.443. The average molecular weight is 302 g/mol. The molecule has 0 fully saturated rings. The summed E-state index contributed by atoms with van der Waals surface area (Å²) in [6.07, 6.45) is 0. The summed E-state index contributed by atoms with van der Waals surface area (Å²) in [5.74, 6) is 0. The Morgan fingerprint density at radius 2 is 1.17 bits per heavy atom. The molecule has 0 unspecified atom stereocenters. The molecule has 35 valence electrons. The predicted molar refractivity (Wildman–Crippen MR) is 19.9 cm³/mol. The van der Waals surface area contributed by atoms with Gasteiger partial charge >= 0.3 is 10.4 Å². The minimum absolute atomic E-state index is 0. The van der Waals surface area contributed by atoms with E-state index in [1.54, 1.807) is 0 Å². The van der Waals surface area contributed by atoms with Gasteiger partial charge in [-0.1, -0.05) is 0 Å². The van der Waals surface area contributed by atoms with Gasteiger partial charge in [-0.2, -0.15) is 8.42 Å². The molecule has 0 aliphatic carbocycles. The maximum Gasteiger partial charge on any atom is 0.394 e. The Balaban J connectivity index is 0. The fourth-order valence-corrected chi connectivity index (χ4v) is 0. The standard InChI is InChI=1S/H2O4S.Tl/c1-5(2,3)4;/h(H2,1,2,3,4);. The van der Waals surface area contributed by atoms with Crippen LogP contribution < -0.4 is 0 Å². The molecule has 0 heterocycles. The largest absolute Gasteiger partial charge is 0.394 e. The summed E-state index contributed by atoms with van der Waals surface area (Å²) in [7, 11) is -4.67. The maximum atomic E-state index is 8.74. The second-order valence-corrected chi connectivity index (χ2v) is 1.34. The van der Waals surface area contributed by atoms with Gasteiger partial charge in [-0.05, 0) is 0 Å². The van der Waals surface area contributed by atoms with E-state index >= 15 is 0 Å². The Morgan fingerprint density at radius 3 is 1.17 bits per heavy atom. The van der Waals surface area contributed by atoms with E-state index in [-0.39, 0.29) is 27.3 Å². The van der Waals surface area contributed by atoms with Crippen molar-refractivity contribution in [1.82, 2.24) is 0 Å². The molecule has 4 nitrogen and oxygen atoms in total. The van der Waals surface area contributed by atoms with Gasteiger partial charge in [0.25, 0.3) is 0 Å². The van der Waals surface area contributed by atoms with E-state index in [4.69, 9.17) is 17.5 Å². The molecule has 0 saturated carbocycles. The zero-order chi connectivity index (χ0) is 4.50. The summed E-state index contributed by atoms with van der Waals surface area (Å²) >= 11 is 0. The van der Waals surface area contributed by atoms with Crippen molar-refractivity contribution in [3.8, 4) is 0 Å². The summed E-state index contributed by atoms with van der Waals surface area (Å²) in [5.41, 5.74) is 0.